The minimum atomic E-state index is -3.07. The average molecular weight is 288 g/mol. The van der Waals surface area contributed by atoms with Gasteiger partial charge in [0, 0.05) is 32.1 Å². The summed E-state index contributed by atoms with van der Waals surface area (Å²) in [5.41, 5.74) is 0. The molecule has 8 heteroatoms. The summed E-state index contributed by atoms with van der Waals surface area (Å²) in [6, 6.07) is 0. The van der Waals surface area contributed by atoms with E-state index in [0.717, 1.165) is 0 Å². The predicted molar refractivity (Wildman–Crippen MR) is 70.1 cm³/mol. The lowest BCUT2D eigenvalue weighted by atomic mass is 10.2. The summed E-state index contributed by atoms with van der Waals surface area (Å²) in [6.07, 6.45) is 1.25. The molecule has 0 unspecified atom stereocenters. The summed E-state index contributed by atoms with van der Waals surface area (Å²) in [4.78, 5) is 6.44. The lowest BCUT2D eigenvalue weighted by Gasteiger charge is -2.32. The minimum Gasteiger partial charge on any atom is -0.338 e. The van der Waals surface area contributed by atoms with Crippen molar-refractivity contribution < 1.29 is 12.9 Å². The van der Waals surface area contributed by atoms with Gasteiger partial charge in [-0.25, -0.2) is 8.42 Å². The van der Waals surface area contributed by atoms with Crippen LogP contribution in [-0.2, 0) is 16.6 Å². The molecule has 0 aromatic carbocycles. The van der Waals surface area contributed by atoms with Gasteiger partial charge in [-0.15, -0.1) is 0 Å². The lowest BCUT2D eigenvalue weighted by molar-refractivity contribution is 0.163. The third kappa shape index (κ3) is 3.74. The highest BCUT2D eigenvalue weighted by atomic mass is 32.2. The molecule has 19 heavy (non-hydrogen) atoms. The molecule has 0 radical (unpaired) electrons. The van der Waals surface area contributed by atoms with Crippen molar-refractivity contribution in [3.63, 3.8) is 0 Å². The Morgan fingerprint density at radius 2 is 1.89 bits per heavy atom. The SMILES string of the molecule is CC(C)c1noc(CN2CCN(S(C)(=O)=O)CC2)n1. The zero-order chi connectivity index (χ0) is 14.0. The van der Waals surface area contributed by atoms with E-state index in [0.29, 0.717) is 44.4 Å². The molecule has 0 bridgehead atoms. The van der Waals surface area contributed by atoms with Gasteiger partial charge < -0.3 is 4.52 Å². The Morgan fingerprint density at radius 1 is 1.26 bits per heavy atom. The van der Waals surface area contributed by atoms with Gasteiger partial charge in [-0.1, -0.05) is 19.0 Å². The Balaban J connectivity index is 1.88. The first kappa shape index (κ1) is 14.4. The molecule has 7 nitrogen and oxygen atoms in total. The lowest BCUT2D eigenvalue weighted by Crippen LogP contribution is -2.47. The van der Waals surface area contributed by atoms with Crippen molar-refractivity contribution in [2.75, 3.05) is 32.4 Å². The molecule has 0 N–H and O–H groups in total. The second-order valence-corrected chi connectivity index (χ2v) is 7.12. The van der Waals surface area contributed by atoms with Crippen LogP contribution < -0.4 is 0 Å². The van der Waals surface area contributed by atoms with Crippen molar-refractivity contribution in [1.82, 2.24) is 19.3 Å². The highest BCUT2D eigenvalue weighted by Crippen LogP contribution is 2.13. The minimum absolute atomic E-state index is 0.250. The molecule has 1 aromatic rings. The summed E-state index contributed by atoms with van der Waals surface area (Å²) in [6.45, 7) is 7.02. The third-order valence-electron chi connectivity index (χ3n) is 3.16. The third-order valence-corrected chi connectivity index (χ3v) is 4.46. The van der Waals surface area contributed by atoms with Crippen LogP contribution in [0, 0.1) is 0 Å². The smallest absolute Gasteiger partial charge is 0.240 e. The van der Waals surface area contributed by atoms with E-state index < -0.39 is 10.0 Å². The van der Waals surface area contributed by atoms with E-state index in [1.165, 1.54) is 10.6 Å². The maximum atomic E-state index is 11.4. The van der Waals surface area contributed by atoms with E-state index in [4.69, 9.17) is 4.52 Å². The first-order valence-electron chi connectivity index (χ1n) is 6.36. The number of sulfonamides is 1. The van der Waals surface area contributed by atoms with Crippen LogP contribution in [0.4, 0.5) is 0 Å². The molecular weight excluding hydrogens is 268 g/mol. The van der Waals surface area contributed by atoms with Gasteiger partial charge in [0.05, 0.1) is 12.8 Å². The van der Waals surface area contributed by atoms with Crippen LogP contribution in [0.1, 0.15) is 31.5 Å². The number of hydrogen-bond donors (Lipinski definition) is 0. The summed E-state index contributed by atoms with van der Waals surface area (Å²) >= 11 is 0. The standard InChI is InChI=1S/C11H20N4O3S/c1-9(2)11-12-10(18-13-11)8-14-4-6-15(7-5-14)19(3,16)17/h9H,4-8H2,1-3H3. The molecule has 0 spiro atoms. The number of piperazine rings is 1. The van der Waals surface area contributed by atoms with Gasteiger partial charge in [-0.2, -0.15) is 9.29 Å². The summed E-state index contributed by atoms with van der Waals surface area (Å²) in [5.74, 6) is 1.56. The number of rotatable bonds is 4. The molecule has 1 aliphatic heterocycles. The molecule has 1 saturated heterocycles. The summed E-state index contributed by atoms with van der Waals surface area (Å²) in [7, 11) is -3.07. The van der Waals surface area contributed by atoms with E-state index in [2.05, 4.69) is 15.0 Å². The number of nitrogens with zero attached hydrogens (tertiary/aromatic N) is 4. The van der Waals surface area contributed by atoms with E-state index in [1.54, 1.807) is 0 Å². The van der Waals surface area contributed by atoms with Gasteiger partial charge in [0.25, 0.3) is 0 Å². The predicted octanol–water partition coefficient (Wildman–Crippen LogP) is 0.270. The Morgan fingerprint density at radius 3 is 2.37 bits per heavy atom. The highest BCUT2D eigenvalue weighted by Gasteiger charge is 2.24. The normalized spacial score (nSPS) is 19.2. The fourth-order valence-corrected chi connectivity index (χ4v) is 2.80. The number of hydrogen-bond acceptors (Lipinski definition) is 6. The maximum absolute atomic E-state index is 11.4. The molecular formula is C11H20N4O3S. The van der Waals surface area contributed by atoms with E-state index in [9.17, 15) is 8.42 Å². The van der Waals surface area contributed by atoms with Gasteiger partial charge in [-0.3, -0.25) is 4.90 Å². The second-order valence-electron chi connectivity index (χ2n) is 5.14. The Labute approximate surface area is 113 Å². The van der Waals surface area contributed by atoms with E-state index in [-0.39, 0.29) is 5.92 Å². The molecule has 0 aliphatic carbocycles. The average Bonchev–Trinajstić information content (AvgIpc) is 2.77. The Hall–Kier alpha value is -0.990. The molecule has 0 saturated carbocycles. The fourth-order valence-electron chi connectivity index (χ4n) is 1.98. The molecule has 0 atom stereocenters. The molecule has 1 aromatic heterocycles. The van der Waals surface area contributed by atoms with Crippen molar-refractivity contribution in [3.8, 4) is 0 Å². The van der Waals surface area contributed by atoms with Gasteiger partial charge in [-0.05, 0) is 0 Å². The van der Waals surface area contributed by atoms with Crippen LogP contribution in [0.25, 0.3) is 0 Å². The zero-order valence-electron chi connectivity index (χ0n) is 11.5. The van der Waals surface area contributed by atoms with Gasteiger partial charge in [0.1, 0.15) is 0 Å². The molecule has 1 fully saturated rings. The molecule has 0 amide bonds. The van der Waals surface area contributed by atoms with Gasteiger partial charge in [0.2, 0.25) is 15.9 Å². The monoisotopic (exact) mass is 288 g/mol. The Bertz CT molecular complexity index is 518. The van der Waals surface area contributed by atoms with Crippen molar-refractivity contribution >= 4 is 10.0 Å². The van der Waals surface area contributed by atoms with Gasteiger partial charge in [0.15, 0.2) is 5.82 Å². The summed E-state index contributed by atoms with van der Waals surface area (Å²) < 4.78 is 29.5. The van der Waals surface area contributed by atoms with Crippen molar-refractivity contribution in [2.24, 2.45) is 0 Å². The van der Waals surface area contributed by atoms with Crippen LogP contribution in [0.3, 0.4) is 0 Å². The van der Waals surface area contributed by atoms with E-state index >= 15 is 0 Å². The van der Waals surface area contributed by atoms with Crippen LogP contribution in [0.2, 0.25) is 0 Å². The van der Waals surface area contributed by atoms with Gasteiger partial charge >= 0.3 is 0 Å². The van der Waals surface area contributed by atoms with Crippen molar-refractivity contribution in [3.05, 3.63) is 11.7 Å². The topological polar surface area (TPSA) is 79.5 Å². The first-order valence-corrected chi connectivity index (χ1v) is 8.21. The highest BCUT2D eigenvalue weighted by molar-refractivity contribution is 7.88. The van der Waals surface area contributed by atoms with E-state index in [1.807, 2.05) is 13.8 Å². The number of aromatic nitrogens is 2. The Kier molecular flexibility index (Phi) is 4.22. The fraction of sp³-hybridized carbons (Fsp3) is 0.818. The van der Waals surface area contributed by atoms with Crippen molar-refractivity contribution in [1.29, 1.82) is 0 Å². The molecule has 1 aliphatic rings. The van der Waals surface area contributed by atoms with Crippen molar-refractivity contribution in [2.45, 2.75) is 26.3 Å². The largest absolute Gasteiger partial charge is 0.338 e. The van der Waals surface area contributed by atoms with Crippen LogP contribution in [0.5, 0.6) is 0 Å². The van der Waals surface area contributed by atoms with Crippen LogP contribution in [0.15, 0.2) is 4.52 Å². The first-order chi connectivity index (χ1) is 8.86. The van der Waals surface area contributed by atoms with Crippen LogP contribution in [-0.4, -0.2) is 60.2 Å². The quantitative estimate of drug-likeness (QED) is 0.791. The molecule has 2 heterocycles. The second kappa shape index (κ2) is 5.56. The van der Waals surface area contributed by atoms with Crippen LogP contribution >= 0.6 is 0 Å². The maximum Gasteiger partial charge on any atom is 0.240 e. The molecule has 108 valence electrons. The molecule has 2 rings (SSSR count). The summed E-state index contributed by atoms with van der Waals surface area (Å²) in [5, 5.41) is 3.92. The zero-order valence-corrected chi connectivity index (χ0v) is 12.4.